The Kier molecular flexibility index (Phi) is 9.16. The van der Waals surface area contributed by atoms with Gasteiger partial charge in [0.15, 0.2) is 0 Å². The Hall–Kier alpha value is -3.95. The standard InChI is InChI=1S/C19H16N.C18H12NS.Ir/c1-2-15-13-19(17-11-7-4-8-12-17)20-14-18(15)16-9-5-3-6-10-16;1-12-6-8-16(19-11-12)13-7-9-18-15(10-13)14-4-2-3-5-17(14)20-18;/h3-11,13-14H,2H2,1H3;2-6,8-11H,1H3;/q2*-1;. The molecule has 0 saturated heterocycles. The SMILES string of the molecule is CCc1cc(-c2[c-]cccc2)ncc1-c1ccccc1.Cc1ccc(-c2[c-]cc3sc4ccccc4c3c2)nc1.[Ir]. The van der Waals surface area contributed by atoms with E-state index in [-0.39, 0.29) is 20.1 Å². The van der Waals surface area contributed by atoms with Crippen LogP contribution in [0.3, 0.4) is 0 Å². The van der Waals surface area contributed by atoms with Crippen molar-refractivity contribution in [3.05, 3.63) is 145 Å². The van der Waals surface area contributed by atoms with Crippen LogP contribution in [0.4, 0.5) is 0 Å². The van der Waals surface area contributed by atoms with Crippen LogP contribution in [0, 0.1) is 19.1 Å². The van der Waals surface area contributed by atoms with Crippen molar-refractivity contribution in [2.75, 3.05) is 0 Å². The van der Waals surface area contributed by atoms with Crippen molar-refractivity contribution in [3.8, 4) is 33.6 Å². The van der Waals surface area contributed by atoms with Gasteiger partial charge in [0.25, 0.3) is 0 Å². The second-order valence-corrected chi connectivity index (χ2v) is 10.7. The van der Waals surface area contributed by atoms with E-state index in [1.807, 2.05) is 54.1 Å². The number of aryl methyl sites for hydroxylation is 2. The summed E-state index contributed by atoms with van der Waals surface area (Å²) in [6.07, 6.45) is 4.87. The predicted octanol–water partition coefficient (Wildman–Crippen LogP) is 10.0. The van der Waals surface area contributed by atoms with Crippen LogP contribution in [0.2, 0.25) is 0 Å². The average molecular weight is 725 g/mol. The van der Waals surface area contributed by atoms with E-state index >= 15 is 0 Å². The zero-order valence-corrected chi connectivity index (χ0v) is 26.1. The minimum atomic E-state index is 0. The zero-order chi connectivity index (χ0) is 27.3. The van der Waals surface area contributed by atoms with Gasteiger partial charge >= 0.3 is 0 Å². The van der Waals surface area contributed by atoms with Gasteiger partial charge in [-0.25, -0.2) is 0 Å². The topological polar surface area (TPSA) is 25.8 Å². The maximum Gasteiger partial charge on any atom is 0.0242 e. The number of rotatable bonds is 4. The zero-order valence-electron chi connectivity index (χ0n) is 22.9. The number of aromatic nitrogens is 2. The van der Waals surface area contributed by atoms with E-state index in [4.69, 9.17) is 0 Å². The first-order valence-electron chi connectivity index (χ1n) is 13.5. The number of nitrogens with zero attached hydrogens (tertiary/aromatic N) is 2. The summed E-state index contributed by atoms with van der Waals surface area (Å²) in [5.74, 6) is 0. The molecule has 0 saturated carbocycles. The molecule has 0 amide bonds. The molecular weight excluding hydrogens is 697 g/mol. The Morgan fingerprint density at radius 2 is 1.46 bits per heavy atom. The van der Waals surface area contributed by atoms with Gasteiger partial charge in [0.1, 0.15) is 0 Å². The van der Waals surface area contributed by atoms with Gasteiger partial charge in [-0.15, -0.1) is 59.7 Å². The van der Waals surface area contributed by atoms with Crippen molar-refractivity contribution in [2.24, 2.45) is 0 Å². The molecule has 7 aromatic rings. The van der Waals surface area contributed by atoms with Crippen LogP contribution in [-0.4, -0.2) is 9.97 Å². The Balaban J connectivity index is 0.000000161. The Bertz CT molecular complexity index is 1880. The number of hydrogen-bond acceptors (Lipinski definition) is 3. The molecule has 0 bridgehead atoms. The van der Waals surface area contributed by atoms with E-state index in [0.717, 1.165) is 28.9 Å². The molecule has 4 heteroatoms. The number of hydrogen-bond donors (Lipinski definition) is 0. The maximum atomic E-state index is 4.60. The van der Waals surface area contributed by atoms with E-state index in [9.17, 15) is 0 Å². The molecule has 2 nitrogen and oxygen atoms in total. The molecule has 0 atom stereocenters. The monoisotopic (exact) mass is 725 g/mol. The van der Waals surface area contributed by atoms with Crippen LogP contribution >= 0.6 is 11.3 Å². The van der Waals surface area contributed by atoms with Crippen LogP contribution in [0.5, 0.6) is 0 Å². The van der Waals surface area contributed by atoms with Crippen LogP contribution in [-0.2, 0) is 26.5 Å². The Morgan fingerprint density at radius 3 is 2.22 bits per heavy atom. The fraction of sp³-hybridized carbons (Fsp3) is 0.0811. The van der Waals surface area contributed by atoms with E-state index in [1.54, 1.807) is 0 Å². The Labute approximate surface area is 259 Å². The van der Waals surface area contributed by atoms with E-state index in [0.29, 0.717) is 0 Å². The summed E-state index contributed by atoms with van der Waals surface area (Å²) in [5, 5.41) is 2.61. The molecule has 3 heterocycles. The average Bonchev–Trinajstić information content (AvgIpc) is 3.40. The molecule has 0 aliphatic heterocycles. The minimum Gasteiger partial charge on any atom is -0.304 e. The van der Waals surface area contributed by atoms with Crippen molar-refractivity contribution in [2.45, 2.75) is 20.3 Å². The molecule has 0 unspecified atom stereocenters. The summed E-state index contributed by atoms with van der Waals surface area (Å²) >= 11 is 1.82. The minimum absolute atomic E-state index is 0. The summed E-state index contributed by atoms with van der Waals surface area (Å²) in [6, 6.07) is 44.1. The predicted molar refractivity (Wildman–Crippen MR) is 169 cm³/mol. The number of pyridine rings is 2. The van der Waals surface area contributed by atoms with E-state index < -0.39 is 0 Å². The molecule has 203 valence electrons. The third-order valence-corrected chi connectivity index (χ3v) is 8.07. The van der Waals surface area contributed by atoms with Crippen molar-refractivity contribution in [3.63, 3.8) is 0 Å². The first-order valence-corrected chi connectivity index (χ1v) is 14.3. The van der Waals surface area contributed by atoms with Gasteiger partial charge in [-0.05, 0) is 57.6 Å². The molecule has 4 aromatic carbocycles. The molecule has 0 N–H and O–H groups in total. The third kappa shape index (κ3) is 6.36. The van der Waals surface area contributed by atoms with Crippen LogP contribution in [0.1, 0.15) is 18.1 Å². The normalized spacial score (nSPS) is 10.6. The first kappa shape index (κ1) is 28.6. The molecule has 0 aliphatic rings. The van der Waals surface area contributed by atoms with Gasteiger partial charge in [-0.2, -0.15) is 11.3 Å². The van der Waals surface area contributed by atoms with Crippen LogP contribution in [0.15, 0.2) is 122 Å². The van der Waals surface area contributed by atoms with Crippen molar-refractivity contribution in [1.82, 2.24) is 9.97 Å². The smallest absolute Gasteiger partial charge is 0.0242 e. The van der Waals surface area contributed by atoms with Gasteiger partial charge in [0.2, 0.25) is 0 Å². The summed E-state index contributed by atoms with van der Waals surface area (Å²) in [6.45, 7) is 4.23. The van der Waals surface area contributed by atoms with Gasteiger partial charge < -0.3 is 9.97 Å². The van der Waals surface area contributed by atoms with Crippen molar-refractivity contribution in [1.29, 1.82) is 0 Å². The van der Waals surface area contributed by atoms with Gasteiger partial charge in [0, 0.05) is 42.8 Å². The molecule has 1 radical (unpaired) electrons. The number of benzene rings is 4. The second-order valence-electron chi connectivity index (χ2n) is 9.67. The van der Waals surface area contributed by atoms with Gasteiger partial charge in [0.05, 0.1) is 0 Å². The molecule has 0 aliphatic carbocycles. The molecule has 3 aromatic heterocycles. The third-order valence-electron chi connectivity index (χ3n) is 6.94. The van der Waals surface area contributed by atoms with Crippen molar-refractivity contribution >= 4 is 31.5 Å². The number of fused-ring (bicyclic) bond motifs is 3. The molecule has 7 rings (SSSR count). The molecule has 0 fully saturated rings. The van der Waals surface area contributed by atoms with Gasteiger partial charge in [-0.1, -0.05) is 79.0 Å². The summed E-state index contributed by atoms with van der Waals surface area (Å²) < 4.78 is 2.60. The molecule has 41 heavy (non-hydrogen) atoms. The number of thiophene rings is 1. The Morgan fingerprint density at radius 1 is 0.683 bits per heavy atom. The van der Waals surface area contributed by atoms with Crippen LogP contribution < -0.4 is 0 Å². The first-order chi connectivity index (χ1) is 19.7. The summed E-state index contributed by atoms with van der Waals surface area (Å²) in [5.41, 5.74) is 9.00. The summed E-state index contributed by atoms with van der Waals surface area (Å²) in [4.78, 5) is 9.09. The van der Waals surface area contributed by atoms with Crippen molar-refractivity contribution < 1.29 is 20.1 Å². The molecular formula is C37H28IrN2S-2. The van der Waals surface area contributed by atoms with Crippen LogP contribution in [0.25, 0.3) is 53.8 Å². The fourth-order valence-corrected chi connectivity index (χ4v) is 5.88. The maximum absolute atomic E-state index is 4.60. The molecule has 0 spiro atoms. The second kappa shape index (κ2) is 13.1. The van der Waals surface area contributed by atoms with E-state index in [2.05, 4.69) is 115 Å². The fourth-order valence-electron chi connectivity index (χ4n) is 4.81. The summed E-state index contributed by atoms with van der Waals surface area (Å²) in [7, 11) is 0. The van der Waals surface area contributed by atoms with Gasteiger partial charge in [-0.3, -0.25) is 0 Å². The largest absolute Gasteiger partial charge is 0.304 e. The van der Waals surface area contributed by atoms with E-state index in [1.165, 1.54) is 42.4 Å². The quantitative estimate of drug-likeness (QED) is 0.169.